The highest BCUT2D eigenvalue weighted by atomic mass is 16.1. The molecule has 166 valence electrons. The first kappa shape index (κ1) is 21.8. The van der Waals surface area contributed by atoms with Gasteiger partial charge in [0, 0.05) is 42.6 Å². The summed E-state index contributed by atoms with van der Waals surface area (Å²) in [6, 6.07) is 10.4. The monoisotopic (exact) mass is 421 g/mol. The van der Waals surface area contributed by atoms with Gasteiger partial charge in [0.2, 0.25) is 11.9 Å². The van der Waals surface area contributed by atoms with Crippen molar-refractivity contribution in [1.29, 1.82) is 0 Å². The number of likely N-dealkylation sites (tertiary alicyclic amines) is 1. The third-order valence-electron chi connectivity index (χ3n) is 6.62. The van der Waals surface area contributed by atoms with Crippen LogP contribution in [-0.2, 0) is 11.3 Å². The molecule has 1 aromatic heterocycles. The van der Waals surface area contributed by atoms with Gasteiger partial charge in [-0.3, -0.25) is 9.69 Å². The molecule has 2 fully saturated rings. The Morgan fingerprint density at radius 3 is 2.19 bits per heavy atom. The second kappa shape index (κ2) is 9.77. The average molecular weight is 422 g/mol. The zero-order chi connectivity index (χ0) is 21.8. The van der Waals surface area contributed by atoms with E-state index in [4.69, 9.17) is 0 Å². The van der Waals surface area contributed by atoms with Gasteiger partial charge in [0.15, 0.2) is 0 Å². The number of hydrogen-bond acceptors (Lipinski definition) is 5. The Morgan fingerprint density at radius 1 is 0.968 bits per heavy atom. The third-order valence-corrected chi connectivity index (χ3v) is 6.62. The van der Waals surface area contributed by atoms with Crippen molar-refractivity contribution in [1.82, 2.24) is 14.9 Å². The molecule has 2 aliphatic rings. The molecule has 1 aromatic carbocycles. The van der Waals surface area contributed by atoms with E-state index in [0.717, 1.165) is 61.4 Å². The summed E-state index contributed by atoms with van der Waals surface area (Å²) in [5.41, 5.74) is 4.18. The molecule has 1 amide bonds. The highest BCUT2D eigenvalue weighted by Crippen LogP contribution is 2.23. The molecular weight excluding hydrogens is 386 g/mol. The zero-order valence-corrected chi connectivity index (χ0v) is 19.1. The smallest absolute Gasteiger partial charge is 0.227 e. The van der Waals surface area contributed by atoms with E-state index in [0.29, 0.717) is 0 Å². The van der Waals surface area contributed by atoms with Crippen molar-refractivity contribution in [2.45, 2.75) is 53.0 Å². The summed E-state index contributed by atoms with van der Waals surface area (Å²) in [7, 11) is 0. The Labute approximate surface area is 186 Å². The molecule has 1 N–H and O–H groups in total. The van der Waals surface area contributed by atoms with Crippen LogP contribution in [0.2, 0.25) is 0 Å². The molecule has 0 aliphatic carbocycles. The summed E-state index contributed by atoms with van der Waals surface area (Å²) in [5.74, 6) is 1.81. The number of aryl methyl sites for hydroxylation is 2. The van der Waals surface area contributed by atoms with E-state index >= 15 is 0 Å². The number of nitrogens with zero attached hydrogens (tertiary/aromatic N) is 4. The SMILES string of the molecule is Cc1cc(C)nc(N2CCC(C(=O)Nc3ccc(CN4CCC(C)CC4)cc3)CC2)n1. The quantitative estimate of drug-likeness (QED) is 0.785. The minimum Gasteiger partial charge on any atom is -0.341 e. The van der Waals surface area contributed by atoms with Crippen LogP contribution >= 0.6 is 0 Å². The molecule has 3 heterocycles. The van der Waals surface area contributed by atoms with Crippen LogP contribution in [0.5, 0.6) is 0 Å². The highest BCUT2D eigenvalue weighted by Gasteiger charge is 2.26. The van der Waals surface area contributed by atoms with E-state index in [2.05, 4.69) is 44.1 Å². The third kappa shape index (κ3) is 5.82. The van der Waals surface area contributed by atoms with Crippen LogP contribution in [0, 0.1) is 25.7 Å². The summed E-state index contributed by atoms with van der Waals surface area (Å²) in [5, 5.41) is 3.12. The second-order valence-electron chi connectivity index (χ2n) is 9.36. The predicted octanol–water partition coefficient (Wildman–Crippen LogP) is 4.18. The van der Waals surface area contributed by atoms with Gasteiger partial charge in [0.05, 0.1) is 0 Å². The van der Waals surface area contributed by atoms with E-state index < -0.39 is 0 Å². The van der Waals surface area contributed by atoms with E-state index in [9.17, 15) is 4.79 Å². The molecule has 0 atom stereocenters. The second-order valence-corrected chi connectivity index (χ2v) is 9.36. The first-order valence-electron chi connectivity index (χ1n) is 11.7. The summed E-state index contributed by atoms with van der Waals surface area (Å²) in [6.07, 6.45) is 4.24. The summed E-state index contributed by atoms with van der Waals surface area (Å²) in [4.78, 5) is 26.6. The van der Waals surface area contributed by atoms with Crippen LogP contribution in [-0.4, -0.2) is 47.0 Å². The highest BCUT2D eigenvalue weighted by molar-refractivity contribution is 5.92. The van der Waals surface area contributed by atoms with Crippen molar-refractivity contribution in [2.24, 2.45) is 11.8 Å². The minimum atomic E-state index is 0.0390. The normalized spacial score (nSPS) is 18.9. The number of aromatic nitrogens is 2. The molecule has 0 saturated carbocycles. The molecular formula is C25H35N5O. The minimum absolute atomic E-state index is 0.0390. The van der Waals surface area contributed by atoms with Gasteiger partial charge >= 0.3 is 0 Å². The van der Waals surface area contributed by atoms with Gasteiger partial charge in [-0.15, -0.1) is 0 Å². The molecule has 0 bridgehead atoms. The van der Waals surface area contributed by atoms with Crippen molar-refractivity contribution >= 4 is 17.5 Å². The fraction of sp³-hybridized carbons (Fsp3) is 0.560. The molecule has 0 radical (unpaired) electrons. The Bertz CT molecular complexity index is 861. The van der Waals surface area contributed by atoms with Crippen LogP contribution in [0.25, 0.3) is 0 Å². The predicted molar refractivity (Wildman–Crippen MR) is 125 cm³/mol. The molecule has 0 spiro atoms. The number of carbonyl (C=O) groups is 1. The van der Waals surface area contributed by atoms with Crippen molar-refractivity contribution in [3.63, 3.8) is 0 Å². The van der Waals surface area contributed by atoms with Crippen LogP contribution in [0.15, 0.2) is 30.3 Å². The molecule has 2 aliphatic heterocycles. The van der Waals surface area contributed by atoms with Gasteiger partial charge in [-0.1, -0.05) is 19.1 Å². The summed E-state index contributed by atoms with van der Waals surface area (Å²) >= 11 is 0. The number of carbonyl (C=O) groups excluding carboxylic acids is 1. The number of amides is 1. The van der Waals surface area contributed by atoms with Gasteiger partial charge in [-0.2, -0.15) is 0 Å². The van der Waals surface area contributed by atoms with Crippen molar-refractivity contribution in [2.75, 3.05) is 36.4 Å². The lowest BCUT2D eigenvalue weighted by Crippen LogP contribution is -2.39. The lowest BCUT2D eigenvalue weighted by atomic mass is 9.96. The van der Waals surface area contributed by atoms with Crippen LogP contribution in [0.4, 0.5) is 11.6 Å². The first-order valence-corrected chi connectivity index (χ1v) is 11.7. The molecule has 31 heavy (non-hydrogen) atoms. The number of anilines is 2. The standard InChI is InChI=1S/C25H35N5O/c1-18-8-12-29(13-9-18)17-21-4-6-23(7-5-21)28-24(31)22-10-14-30(15-11-22)25-26-19(2)16-20(3)27-25/h4-7,16,18,22H,8-15,17H2,1-3H3,(H,28,31). The summed E-state index contributed by atoms with van der Waals surface area (Å²) in [6.45, 7) is 11.3. The van der Waals surface area contributed by atoms with Crippen LogP contribution in [0.3, 0.4) is 0 Å². The van der Waals surface area contributed by atoms with Crippen molar-refractivity contribution in [3.05, 3.63) is 47.3 Å². The van der Waals surface area contributed by atoms with E-state index in [1.807, 2.05) is 32.0 Å². The Hall–Kier alpha value is -2.47. The molecule has 6 heteroatoms. The molecule has 4 rings (SSSR count). The maximum absolute atomic E-state index is 12.8. The summed E-state index contributed by atoms with van der Waals surface area (Å²) < 4.78 is 0. The number of piperidine rings is 2. The first-order chi connectivity index (χ1) is 15.0. The zero-order valence-electron chi connectivity index (χ0n) is 19.1. The molecule has 6 nitrogen and oxygen atoms in total. The van der Waals surface area contributed by atoms with Crippen molar-refractivity contribution in [3.8, 4) is 0 Å². The topological polar surface area (TPSA) is 61.4 Å². The number of benzene rings is 1. The average Bonchev–Trinajstić information content (AvgIpc) is 2.76. The number of hydrogen-bond donors (Lipinski definition) is 1. The molecule has 2 aromatic rings. The van der Waals surface area contributed by atoms with Gasteiger partial charge in [-0.05, 0) is 82.3 Å². The van der Waals surface area contributed by atoms with Crippen LogP contribution < -0.4 is 10.2 Å². The fourth-order valence-corrected chi connectivity index (χ4v) is 4.61. The largest absolute Gasteiger partial charge is 0.341 e. The molecule has 0 unspecified atom stereocenters. The molecule has 2 saturated heterocycles. The number of nitrogens with one attached hydrogen (secondary N) is 1. The van der Waals surface area contributed by atoms with Gasteiger partial charge in [-0.25, -0.2) is 9.97 Å². The van der Waals surface area contributed by atoms with E-state index in [1.165, 1.54) is 31.5 Å². The van der Waals surface area contributed by atoms with E-state index in [1.54, 1.807) is 0 Å². The Balaban J connectivity index is 1.26. The number of rotatable bonds is 5. The van der Waals surface area contributed by atoms with Crippen molar-refractivity contribution < 1.29 is 4.79 Å². The lowest BCUT2D eigenvalue weighted by Gasteiger charge is -2.31. The van der Waals surface area contributed by atoms with E-state index in [-0.39, 0.29) is 11.8 Å². The Morgan fingerprint density at radius 2 is 1.58 bits per heavy atom. The maximum atomic E-state index is 12.8. The Kier molecular flexibility index (Phi) is 6.86. The fourth-order valence-electron chi connectivity index (χ4n) is 4.61. The van der Waals surface area contributed by atoms with Crippen LogP contribution in [0.1, 0.15) is 49.6 Å². The van der Waals surface area contributed by atoms with Gasteiger partial charge < -0.3 is 10.2 Å². The maximum Gasteiger partial charge on any atom is 0.227 e. The van der Waals surface area contributed by atoms with Gasteiger partial charge in [0.1, 0.15) is 0 Å². The lowest BCUT2D eigenvalue weighted by molar-refractivity contribution is -0.120. The van der Waals surface area contributed by atoms with Gasteiger partial charge in [0.25, 0.3) is 0 Å².